The van der Waals surface area contributed by atoms with Gasteiger partial charge in [0.2, 0.25) is 0 Å². The summed E-state index contributed by atoms with van der Waals surface area (Å²) in [7, 11) is -1.76. The molecule has 4 aromatic heterocycles. The molecule has 4 heterocycles. The van der Waals surface area contributed by atoms with Crippen LogP contribution in [0.5, 0.6) is 0 Å². The fourth-order valence-corrected chi connectivity index (χ4v) is 7.64. The zero-order valence-electron chi connectivity index (χ0n) is 35.4. The standard InChI is InChI=1S/C23H21N2O.C21H22NSi.Ir/c1-15-6-8-22-23(25-15)19-14-18(7-9-21(19)26-22)20-13-17(10-11-24-20)12-16-4-2-3-5-16;1-23(2,3)21-16-22-20(18-12-8-5-9-13-18)15-19(21)14-17-10-6-4-7-11-17;/h6,8-11,13-14,16H,2-5,12H2,1H3;4-12,15-16H,14H2,1-3H3;/q2*-1;/i1D3,12D2;14D2;. The van der Waals surface area contributed by atoms with E-state index in [2.05, 4.69) is 46.7 Å². The molecule has 50 heavy (non-hydrogen) atoms. The van der Waals surface area contributed by atoms with Crippen LogP contribution < -0.4 is 5.19 Å². The number of aromatic nitrogens is 3. The number of furan rings is 1. The van der Waals surface area contributed by atoms with Gasteiger partial charge < -0.3 is 14.4 Å². The molecular formula is C44H43IrN3OSi-2. The van der Waals surface area contributed by atoms with Gasteiger partial charge in [0, 0.05) is 47.8 Å². The molecule has 0 N–H and O–H groups in total. The fourth-order valence-electron chi connectivity index (χ4n) is 6.24. The number of hydrogen-bond acceptors (Lipinski definition) is 4. The minimum absolute atomic E-state index is 0. The fraction of sp³-hybridized carbons (Fsp3) is 0.250. The molecule has 1 aliphatic carbocycles. The van der Waals surface area contributed by atoms with Gasteiger partial charge in [0.15, 0.2) is 0 Å². The minimum atomic E-state index is -2.30. The molecule has 1 fully saturated rings. The normalized spacial score (nSPS) is 16.1. The first-order chi connectivity index (χ1) is 26.5. The van der Waals surface area contributed by atoms with Crippen LogP contribution in [-0.2, 0) is 32.9 Å². The molecule has 255 valence electrons. The topological polar surface area (TPSA) is 51.8 Å². The Hall–Kier alpha value is -4.22. The van der Waals surface area contributed by atoms with E-state index in [1.165, 1.54) is 6.07 Å². The first-order valence-electron chi connectivity index (χ1n) is 20.3. The Balaban J connectivity index is 0.000000194. The van der Waals surface area contributed by atoms with Crippen molar-refractivity contribution in [3.63, 3.8) is 0 Å². The van der Waals surface area contributed by atoms with Gasteiger partial charge in [-0.15, -0.1) is 59.7 Å². The molecule has 8 rings (SSSR count). The van der Waals surface area contributed by atoms with Crippen molar-refractivity contribution in [2.45, 2.75) is 64.9 Å². The molecule has 0 atom stereocenters. The largest absolute Gasteiger partial charge is 0.499 e. The molecule has 6 heteroatoms. The third kappa shape index (κ3) is 8.38. The van der Waals surface area contributed by atoms with Crippen molar-refractivity contribution in [3.05, 3.63) is 144 Å². The van der Waals surface area contributed by atoms with Gasteiger partial charge >= 0.3 is 0 Å². The van der Waals surface area contributed by atoms with E-state index >= 15 is 0 Å². The number of hydrogen-bond donors (Lipinski definition) is 0. The van der Waals surface area contributed by atoms with Crippen molar-refractivity contribution in [3.8, 4) is 22.5 Å². The second-order valence-electron chi connectivity index (χ2n) is 13.5. The van der Waals surface area contributed by atoms with Crippen LogP contribution in [0.1, 0.15) is 57.7 Å². The smallest absolute Gasteiger partial charge is 0.139 e. The van der Waals surface area contributed by atoms with Crippen molar-refractivity contribution in [2.24, 2.45) is 5.92 Å². The number of rotatable bonds is 7. The molecule has 3 aromatic carbocycles. The summed E-state index contributed by atoms with van der Waals surface area (Å²) in [4.78, 5) is 13.4. The van der Waals surface area contributed by atoms with E-state index in [4.69, 9.17) is 14.0 Å². The Kier molecular flexibility index (Phi) is 8.67. The van der Waals surface area contributed by atoms with E-state index in [9.17, 15) is 0 Å². The molecule has 0 unspecified atom stereocenters. The number of pyridine rings is 3. The molecule has 0 amide bonds. The average Bonchev–Trinajstić information content (AvgIpc) is 3.87. The van der Waals surface area contributed by atoms with Crippen LogP contribution in [0.3, 0.4) is 0 Å². The summed E-state index contributed by atoms with van der Waals surface area (Å²) in [5.74, 6) is 0.0227. The van der Waals surface area contributed by atoms with E-state index < -0.39 is 27.7 Å². The zero-order chi connectivity index (χ0) is 39.9. The maximum atomic E-state index is 8.84. The molecule has 1 radical (unpaired) electrons. The van der Waals surface area contributed by atoms with Crippen molar-refractivity contribution in [2.75, 3.05) is 0 Å². The maximum Gasteiger partial charge on any atom is 0.139 e. The summed E-state index contributed by atoms with van der Waals surface area (Å²) in [6.45, 7) is 4.37. The van der Waals surface area contributed by atoms with Crippen molar-refractivity contribution in [1.29, 1.82) is 0 Å². The van der Waals surface area contributed by atoms with Crippen LogP contribution in [0.25, 0.3) is 44.6 Å². The molecule has 7 aromatic rings. The molecule has 0 spiro atoms. The Morgan fingerprint density at radius 2 is 1.64 bits per heavy atom. The summed E-state index contributed by atoms with van der Waals surface area (Å²) in [6, 6.07) is 35.5. The van der Waals surface area contributed by atoms with Crippen LogP contribution in [0, 0.1) is 24.9 Å². The summed E-state index contributed by atoms with van der Waals surface area (Å²) >= 11 is 0. The quantitative estimate of drug-likeness (QED) is 0.118. The third-order valence-electron chi connectivity index (χ3n) is 8.76. The van der Waals surface area contributed by atoms with E-state index in [0.717, 1.165) is 47.7 Å². The Labute approximate surface area is 320 Å². The summed E-state index contributed by atoms with van der Waals surface area (Å²) < 4.78 is 63.7. The van der Waals surface area contributed by atoms with Gasteiger partial charge in [0.25, 0.3) is 0 Å². The Bertz CT molecular complexity index is 2480. The summed E-state index contributed by atoms with van der Waals surface area (Å²) in [6.07, 6.45) is 4.49. The Morgan fingerprint density at radius 3 is 2.40 bits per heavy atom. The Morgan fingerprint density at radius 1 is 0.840 bits per heavy atom. The van der Waals surface area contributed by atoms with Crippen LogP contribution in [0.2, 0.25) is 19.6 Å². The maximum absolute atomic E-state index is 8.84. The van der Waals surface area contributed by atoms with Crippen molar-refractivity contribution >= 4 is 35.3 Å². The van der Waals surface area contributed by atoms with Crippen LogP contribution in [0.15, 0.2) is 114 Å². The SMILES string of the molecule is [2H]C([2H])([2H])c1ccc2oc3c[c-]c(-c4cc(C([2H])([2H])C5CCCC5)ccn4)cc3c2n1.[2H]C([2H])(c1ccccc1)c1cc(-c2[c-]cccc2)ncc1[Si](C)(C)C.[Ir]. The summed E-state index contributed by atoms with van der Waals surface area (Å²) in [5, 5.41) is 1.74. The van der Waals surface area contributed by atoms with Crippen LogP contribution in [-0.4, -0.2) is 23.0 Å². The van der Waals surface area contributed by atoms with Gasteiger partial charge in [0.05, 0.1) is 19.2 Å². The molecule has 1 aliphatic rings. The van der Waals surface area contributed by atoms with Gasteiger partial charge in [0.1, 0.15) is 5.58 Å². The van der Waals surface area contributed by atoms with Gasteiger partial charge in [-0.25, -0.2) is 0 Å². The molecule has 4 nitrogen and oxygen atoms in total. The second kappa shape index (κ2) is 15.8. The number of benzene rings is 3. The van der Waals surface area contributed by atoms with E-state index in [1.54, 1.807) is 30.5 Å². The number of fused-ring (bicyclic) bond motifs is 3. The van der Waals surface area contributed by atoms with Gasteiger partial charge in [-0.3, -0.25) is 4.98 Å². The van der Waals surface area contributed by atoms with E-state index in [0.29, 0.717) is 44.5 Å². The van der Waals surface area contributed by atoms with Crippen molar-refractivity contribution < 1.29 is 34.1 Å². The first kappa shape index (κ1) is 27.5. The van der Waals surface area contributed by atoms with Gasteiger partial charge in [-0.2, -0.15) is 0 Å². The average molecular weight is 857 g/mol. The first-order valence-corrected chi connectivity index (χ1v) is 20.3. The molecule has 0 bridgehead atoms. The van der Waals surface area contributed by atoms with Crippen molar-refractivity contribution in [1.82, 2.24) is 15.0 Å². The summed E-state index contributed by atoms with van der Waals surface area (Å²) in [5.41, 5.74) is 6.52. The van der Waals surface area contributed by atoms with Crippen LogP contribution in [0.4, 0.5) is 0 Å². The number of nitrogens with zero attached hydrogens (tertiary/aromatic N) is 3. The van der Waals surface area contributed by atoms with Gasteiger partial charge in [-0.1, -0.05) is 98.9 Å². The monoisotopic (exact) mass is 857 g/mol. The second-order valence-corrected chi connectivity index (χ2v) is 18.5. The molecule has 0 saturated heterocycles. The number of aryl methyl sites for hydroxylation is 1. The molecular weight excluding hydrogens is 807 g/mol. The third-order valence-corrected chi connectivity index (χ3v) is 10.8. The van der Waals surface area contributed by atoms with Crippen LogP contribution >= 0.6 is 0 Å². The predicted octanol–water partition coefficient (Wildman–Crippen LogP) is 10.6. The predicted molar refractivity (Wildman–Crippen MR) is 205 cm³/mol. The molecule has 0 aliphatic heterocycles. The van der Waals surface area contributed by atoms with Gasteiger partial charge in [-0.05, 0) is 71.2 Å². The van der Waals surface area contributed by atoms with E-state index in [1.807, 2.05) is 72.9 Å². The zero-order valence-corrected chi connectivity index (χ0v) is 31.8. The molecule has 1 saturated carbocycles. The minimum Gasteiger partial charge on any atom is -0.499 e. The van der Waals surface area contributed by atoms with E-state index in [-0.39, 0.29) is 31.7 Å².